The Hall–Kier alpha value is -2.44. The van der Waals surface area contributed by atoms with Crippen molar-refractivity contribution in [2.45, 2.75) is 20.3 Å². The summed E-state index contributed by atoms with van der Waals surface area (Å²) in [7, 11) is 0. The molecule has 0 atom stereocenters. The molecule has 0 unspecified atom stereocenters. The first-order valence-electron chi connectivity index (χ1n) is 8.41. The van der Waals surface area contributed by atoms with Gasteiger partial charge in [0.1, 0.15) is 12.4 Å². The van der Waals surface area contributed by atoms with Gasteiger partial charge in [-0.2, -0.15) is 0 Å². The number of piperazine rings is 1. The molecule has 2 saturated heterocycles. The Morgan fingerprint density at radius 3 is 2.32 bits per heavy atom. The van der Waals surface area contributed by atoms with Crippen molar-refractivity contribution in [3.05, 3.63) is 30.1 Å². The maximum Gasteiger partial charge on any atom is 0.242 e. The van der Waals surface area contributed by atoms with Gasteiger partial charge in [0.15, 0.2) is 0 Å². The first-order chi connectivity index (χ1) is 11.8. The summed E-state index contributed by atoms with van der Waals surface area (Å²) in [5, 5.41) is 0. The molecule has 25 heavy (non-hydrogen) atoms. The predicted octanol–water partition coefficient (Wildman–Crippen LogP) is 1.26. The number of imide groups is 1. The van der Waals surface area contributed by atoms with Crippen molar-refractivity contribution < 1.29 is 18.8 Å². The molecule has 6 nitrogen and oxygen atoms in total. The minimum absolute atomic E-state index is 0.139. The Morgan fingerprint density at radius 1 is 1.12 bits per heavy atom. The lowest BCUT2D eigenvalue weighted by molar-refractivity contribution is -0.147. The molecule has 0 aromatic heterocycles. The van der Waals surface area contributed by atoms with Gasteiger partial charge in [0.2, 0.25) is 17.7 Å². The van der Waals surface area contributed by atoms with Crippen LogP contribution in [0.4, 0.5) is 10.1 Å². The van der Waals surface area contributed by atoms with Crippen LogP contribution in [0, 0.1) is 11.2 Å². The van der Waals surface area contributed by atoms with Crippen LogP contribution in [-0.4, -0.2) is 60.2 Å². The molecule has 2 aliphatic heterocycles. The fraction of sp³-hybridized carbons (Fsp3) is 0.500. The smallest absolute Gasteiger partial charge is 0.242 e. The number of likely N-dealkylation sites (tertiary alicyclic amines) is 1. The monoisotopic (exact) mass is 347 g/mol. The molecule has 0 saturated carbocycles. The van der Waals surface area contributed by atoms with Crippen LogP contribution >= 0.6 is 0 Å². The van der Waals surface area contributed by atoms with Crippen LogP contribution < -0.4 is 4.90 Å². The average Bonchev–Trinajstić information content (AvgIpc) is 2.77. The van der Waals surface area contributed by atoms with Gasteiger partial charge >= 0.3 is 0 Å². The van der Waals surface area contributed by atoms with Gasteiger partial charge in [0.25, 0.3) is 0 Å². The molecule has 2 heterocycles. The fourth-order valence-corrected chi connectivity index (χ4v) is 3.33. The van der Waals surface area contributed by atoms with E-state index in [0.717, 1.165) is 4.90 Å². The number of carbonyl (C=O) groups excluding carboxylic acids is 3. The van der Waals surface area contributed by atoms with Gasteiger partial charge in [0, 0.05) is 32.6 Å². The van der Waals surface area contributed by atoms with Crippen LogP contribution in [-0.2, 0) is 14.4 Å². The van der Waals surface area contributed by atoms with Crippen molar-refractivity contribution in [2.75, 3.05) is 37.6 Å². The molecule has 0 spiro atoms. The number of nitrogens with zero attached hydrogens (tertiary/aromatic N) is 3. The Kier molecular flexibility index (Phi) is 4.49. The number of para-hydroxylation sites is 1. The van der Waals surface area contributed by atoms with E-state index in [0.29, 0.717) is 31.9 Å². The maximum absolute atomic E-state index is 13.9. The Morgan fingerprint density at radius 2 is 1.76 bits per heavy atom. The molecule has 3 rings (SSSR count). The number of anilines is 1. The van der Waals surface area contributed by atoms with E-state index in [4.69, 9.17) is 0 Å². The van der Waals surface area contributed by atoms with Gasteiger partial charge in [-0.1, -0.05) is 26.0 Å². The van der Waals surface area contributed by atoms with E-state index in [1.54, 1.807) is 36.9 Å². The second kappa shape index (κ2) is 6.46. The van der Waals surface area contributed by atoms with Crippen LogP contribution in [0.25, 0.3) is 0 Å². The SMILES string of the molecule is CC1(C)CC(=O)N(CC(=O)N2CCN(c3ccccc3F)CC2)C1=O. The van der Waals surface area contributed by atoms with Crippen molar-refractivity contribution in [1.82, 2.24) is 9.80 Å². The summed E-state index contributed by atoms with van der Waals surface area (Å²) >= 11 is 0. The van der Waals surface area contributed by atoms with Gasteiger partial charge in [-0.05, 0) is 12.1 Å². The van der Waals surface area contributed by atoms with E-state index in [1.807, 2.05) is 4.90 Å². The highest BCUT2D eigenvalue weighted by Gasteiger charge is 2.45. The van der Waals surface area contributed by atoms with E-state index in [2.05, 4.69) is 0 Å². The third-order valence-electron chi connectivity index (χ3n) is 4.84. The molecule has 7 heteroatoms. The van der Waals surface area contributed by atoms with E-state index < -0.39 is 5.41 Å². The van der Waals surface area contributed by atoms with Crippen molar-refractivity contribution >= 4 is 23.4 Å². The van der Waals surface area contributed by atoms with Gasteiger partial charge < -0.3 is 9.80 Å². The van der Waals surface area contributed by atoms with E-state index >= 15 is 0 Å². The van der Waals surface area contributed by atoms with Crippen molar-refractivity contribution in [3.8, 4) is 0 Å². The van der Waals surface area contributed by atoms with E-state index in [9.17, 15) is 18.8 Å². The zero-order valence-electron chi connectivity index (χ0n) is 14.5. The lowest BCUT2D eigenvalue weighted by Gasteiger charge is -2.36. The van der Waals surface area contributed by atoms with Crippen LogP contribution in [0.1, 0.15) is 20.3 Å². The number of rotatable bonds is 3. The minimum Gasteiger partial charge on any atom is -0.366 e. The van der Waals surface area contributed by atoms with Crippen LogP contribution in [0.15, 0.2) is 24.3 Å². The van der Waals surface area contributed by atoms with Gasteiger partial charge in [-0.3, -0.25) is 19.3 Å². The zero-order valence-corrected chi connectivity index (χ0v) is 14.5. The largest absolute Gasteiger partial charge is 0.366 e. The molecular formula is C18H22FN3O3. The average molecular weight is 347 g/mol. The molecule has 0 radical (unpaired) electrons. The summed E-state index contributed by atoms with van der Waals surface area (Å²) in [6.45, 7) is 5.12. The summed E-state index contributed by atoms with van der Waals surface area (Å²) < 4.78 is 13.9. The van der Waals surface area contributed by atoms with Crippen LogP contribution in [0.2, 0.25) is 0 Å². The number of carbonyl (C=O) groups is 3. The van der Waals surface area contributed by atoms with Crippen LogP contribution in [0.5, 0.6) is 0 Å². The zero-order chi connectivity index (χ0) is 18.2. The molecule has 0 aliphatic carbocycles. The molecule has 3 amide bonds. The molecule has 2 aliphatic rings. The summed E-state index contributed by atoms with van der Waals surface area (Å²) in [6.07, 6.45) is 0.139. The Labute approximate surface area is 146 Å². The molecule has 1 aromatic rings. The number of hydrogen-bond donors (Lipinski definition) is 0. The highest BCUT2D eigenvalue weighted by atomic mass is 19.1. The normalized spacial score (nSPS) is 20.4. The molecule has 2 fully saturated rings. The Balaban J connectivity index is 1.58. The van der Waals surface area contributed by atoms with Gasteiger partial charge in [0.05, 0.1) is 11.1 Å². The highest BCUT2D eigenvalue weighted by molar-refractivity contribution is 6.07. The second-order valence-corrected chi connectivity index (χ2v) is 7.16. The van der Waals surface area contributed by atoms with E-state index in [1.165, 1.54) is 6.07 Å². The third kappa shape index (κ3) is 3.36. The van der Waals surface area contributed by atoms with Gasteiger partial charge in [-0.25, -0.2) is 4.39 Å². The van der Waals surface area contributed by atoms with Gasteiger partial charge in [-0.15, -0.1) is 0 Å². The molecular weight excluding hydrogens is 325 g/mol. The van der Waals surface area contributed by atoms with Crippen molar-refractivity contribution in [2.24, 2.45) is 5.41 Å². The molecule has 0 N–H and O–H groups in total. The van der Waals surface area contributed by atoms with E-state index in [-0.39, 0.29) is 36.5 Å². The first-order valence-corrected chi connectivity index (χ1v) is 8.41. The standard InChI is InChI=1S/C18H22FN3O3/c1-18(2)11-15(23)22(17(18)25)12-16(24)21-9-7-20(8-10-21)14-6-4-3-5-13(14)19/h3-6H,7-12H2,1-2H3. The summed E-state index contributed by atoms with van der Waals surface area (Å²) in [6, 6.07) is 6.56. The first kappa shape index (κ1) is 17.4. The minimum atomic E-state index is -0.735. The maximum atomic E-state index is 13.9. The topological polar surface area (TPSA) is 60.9 Å². The van der Waals surface area contributed by atoms with Crippen molar-refractivity contribution in [1.29, 1.82) is 0 Å². The quantitative estimate of drug-likeness (QED) is 0.773. The highest BCUT2D eigenvalue weighted by Crippen LogP contribution is 2.31. The lowest BCUT2D eigenvalue weighted by atomic mass is 9.92. The molecule has 0 bridgehead atoms. The summed E-state index contributed by atoms with van der Waals surface area (Å²) in [5.41, 5.74) is -0.206. The van der Waals surface area contributed by atoms with Crippen LogP contribution in [0.3, 0.4) is 0 Å². The number of hydrogen-bond acceptors (Lipinski definition) is 4. The lowest BCUT2D eigenvalue weighted by Crippen LogP contribution is -2.52. The summed E-state index contributed by atoms with van der Waals surface area (Å²) in [4.78, 5) is 41.2. The fourth-order valence-electron chi connectivity index (χ4n) is 3.33. The number of amides is 3. The Bertz CT molecular complexity index is 711. The second-order valence-electron chi connectivity index (χ2n) is 7.16. The summed E-state index contributed by atoms with van der Waals surface area (Å²) in [5.74, 6) is -1.12. The molecule has 1 aromatic carbocycles. The number of halogens is 1. The third-order valence-corrected chi connectivity index (χ3v) is 4.84. The van der Waals surface area contributed by atoms with Crippen molar-refractivity contribution in [3.63, 3.8) is 0 Å². The predicted molar refractivity (Wildman–Crippen MR) is 90.3 cm³/mol. The molecule has 134 valence electrons. The number of benzene rings is 1.